The van der Waals surface area contributed by atoms with Crippen LogP contribution in [0.1, 0.15) is 45.1 Å². The van der Waals surface area contributed by atoms with Crippen LogP contribution in [0.4, 0.5) is 0 Å². The van der Waals surface area contributed by atoms with Crippen LogP contribution >= 0.6 is 0 Å². The van der Waals surface area contributed by atoms with E-state index in [0.29, 0.717) is 19.2 Å². The van der Waals surface area contributed by atoms with Crippen molar-refractivity contribution < 1.29 is 9.84 Å². The number of aliphatic hydroxyl groups excluding tert-OH is 1. The molecular formula is C17H29NO2. The van der Waals surface area contributed by atoms with Gasteiger partial charge in [-0.3, -0.25) is 0 Å². The summed E-state index contributed by atoms with van der Waals surface area (Å²) in [7, 11) is 0. The molecule has 3 nitrogen and oxygen atoms in total. The lowest BCUT2D eigenvalue weighted by Gasteiger charge is -2.17. The number of hydrogen-bond acceptors (Lipinski definition) is 3. The minimum atomic E-state index is -0.468. The van der Waals surface area contributed by atoms with Gasteiger partial charge in [-0.2, -0.15) is 0 Å². The van der Waals surface area contributed by atoms with Crippen LogP contribution in [-0.2, 0) is 0 Å². The van der Waals surface area contributed by atoms with Crippen molar-refractivity contribution in [2.24, 2.45) is 0 Å². The summed E-state index contributed by atoms with van der Waals surface area (Å²) in [5, 5.41) is 13.3. The highest BCUT2D eigenvalue weighted by atomic mass is 16.5. The Morgan fingerprint density at radius 2 is 2.10 bits per heavy atom. The fourth-order valence-electron chi connectivity index (χ4n) is 2.10. The number of ether oxygens (including phenoxy) is 1. The molecule has 114 valence electrons. The van der Waals surface area contributed by atoms with E-state index in [9.17, 15) is 5.11 Å². The molecule has 0 saturated carbocycles. The Labute approximate surface area is 123 Å². The van der Waals surface area contributed by atoms with Gasteiger partial charge in [0.05, 0.1) is 0 Å². The van der Waals surface area contributed by atoms with Crippen molar-refractivity contribution >= 4 is 0 Å². The summed E-state index contributed by atoms with van der Waals surface area (Å²) in [5.41, 5.74) is 1.17. The maximum absolute atomic E-state index is 9.91. The molecule has 20 heavy (non-hydrogen) atoms. The van der Waals surface area contributed by atoms with E-state index in [1.165, 1.54) is 31.2 Å². The van der Waals surface area contributed by atoms with Gasteiger partial charge in [0, 0.05) is 12.6 Å². The maximum atomic E-state index is 9.91. The van der Waals surface area contributed by atoms with Gasteiger partial charge in [0.2, 0.25) is 0 Å². The van der Waals surface area contributed by atoms with Crippen LogP contribution in [-0.4, -0.2) is 30.4 Å². The summed E-state index contributed by atoms with van der Waals surface area (Å²) < 4.78 is 5.59. The molecule has 0 saturated heterocycles. The fraction of sp³-hybridized carbons (Fsp3) is 0.647. The highest BCUT2D eigenvalue weighted by molar-refractivity contribution is 5.27. The summed E-state index contributed by atoms with van der Waals surface area (Å²) in [5.74, 6) is 0.819. The first-order valence-corrected chi connectivity index (χ1v) is 7.72. The summed E-state index contributed by atoms with van der Waals surface area (Å²) in [6.07, 6.45) is 4.48. The van der Waals surface area contributed by atoms with Crippen LogP contribution < -0.4 is 10.1 Å². The molecule has 2 N–H and O–H groups in total. The lowest BCUT2D eigenvalue weighted by atomic mass is 10.1. The van der Waals surface area contributed by atoms with Gasteiger partial charge in [0.15, 0.2) is 0 Å². The number of rotatable bonds is 10. The fourth-order valence-corrected chi connectivity index (χ4v) is 2.10. The molecule has 0 bridgehead atoms. The normalized spacial score (nSPS) is 14.0. The maximum Gasteiger partial charge on any atom is 0.119 e. The van der Waals surface area contributed by atoms with Crippen molar-refractivity contribution in [2.45, 2.75) is 58.6 Å². The Balaban J connectivity index is 2.15. The molecule has 0 aliphatic heterocycles. The van der Waals surface area contributed by atoms with Crippen molar-refractivity contribution in [3.63, 3.8) is 0 Å². The average Bonchev–Trinajstić information content (AvgIpc) is 2.43. The van der Waals surface area contributed by atoms with E-state index in [0.717, 1.165) is 5.75 Å². The van der Waals surface area contributed by atoms with Crippen LogP contribution in [0.2, 0.25) is 0 Å². The van der Waals surface area contributed by atoms with Gasteiger partial charge in [-0.1, -0.05) is 38.3 Å². The largest absolute Gasteiger partial charge is 0.491 e. The molecule has 1 aromatic carbocycles. The monoisotopic (exact) mass is 279 g/mol. The Morgan fingerprint density at radius 3 is 2.80 bits per heavy atom. The smallest absolute Gasteiger partial charge is 0.119 e. The molecule has 0 aromatic heterocycles. The molecule has 1 aromatic rings. The van der Waals surface area contributed by atoms with Gasteiger partial charge in [0.25, 0.3) is 0 Å². The number of aryl methyl sites for hydroxylation is 1. The quantitative estimate of drug-likeness (QED) is 0.646. The van der Waals surface area contributed by atoms with E-state index in [1.54, 1.807) is 0 Å². The number of unbranched alkanes of at least 4 members (excludes halogenated alkanes) is 2. The van der Waals surface area contributed by atoms with Gasteiger partial charge < -0.3 is 15.2 Å². The number of nitrogens with one attached hydrogen (secondary N) is 1. The third kappa shape index (κ3) is 7.51. The molecular weight excluding hydrogens is 250 g/mol. The van der Waals surface area contributed by atoms with E-state index in [1.807, 2.05) is 31.2 Å². The van der Waals surface area contributed by atoms with E-state index >= 15 is 0 Å². The van der Waals surface area contributed by atoms with Crippen LogP contribution in [0.3, 0.4) is 0 Å². The Bertz CT molecular complexity index is 368. The molecule has 0 amide bonds. The van der Waals surface area contributed by atoms with Gasteiger partial charge in [0.1, 0.15) is 18.5 Å². The first kappa shape index (κ1) is 17.0. The van der Waals surface area contributed by atoms with Crippen LogP contribution in [0.5, 0.6) is 5.75 Å². The third-order valence-corrected chi connectivity index (χ3v) is 3.37. The van der Waals surface area contributed by atoms with Gasteiger partial charge in [-0.15, -0.1) is 0 Å². The summed E-state index contributed by atoms with van der Waals surface area (Å²) in [6, 6.07) is 8.34. The van der Waals surface area contributed by atoms with Crippen molar-refractivity contribution in [1.82, 2.24) is 5.32 Å². The molecule has 2 atom stereocenters. The predicted molar refractivity (Wildman–Crippen MR) is 84.3 cm³/mol. The summed E-state index contributed by atoms with van der Waals surface area (Å²) >= 11 is 0. The molecule has 0 heterocycles. The lowest BCUT2D eigenvalue weighted by Crippen LogP contribution is -2.36. The molecule has 2 unspecified atom stereocenters. The van der Waals surface area contributed by atoms with Crippen molar-refractivity contribution in [3.8, 4) is 5.75 Å². The third-order valence-electron chi connectivity index (χ3n) is 3.37. The predicted octanol–water partition coefficient (Wildman–Crippen LogP) is 3.29. The topological polar surface area (TPSA) is 41.5 Å². The van der Waals surface area contributed by atoms with E-state index in [4.69, 9.17) is 4.74 Å². The zero-order valence-electron chi connectivity index (χ0n) is 13.1. The number of aliphatic hydroxyl groups is 1. The molecule has 0 radical (unpaired) electrons. The average molecular weight is 279 g/mol. The van der Waals surface area contributed by atoms with Gasteiger partial charge >= 0.3 is 0 Å². The van der Waals surface area contributed by atoms with Gasteiger partial charge in [-0.25, -0.2) is 0 Å². The highest BCUT2D eigenvalue weighted by Crippen LogP contribution is 2.12. The summed E-state index contributed by atoms with van der Waals surface area (Å²) in [4.78, 5) is 0. The Kier molecular flexibility index (Phi) is 8.31. The molecule has 0 aliphatic carbocycles. The molecule has 3 heteroatoms. The van der Waals surface area contributed by atoms with Crippen molar-refractivity contribution in [2.75, 3.05) is 13.2 Å². The second-order valence-electron chi connectivity index (χ2n) is 5.59. The zero-order valence-corrected chi connectivity index (χ0v) is 13.1. The standard InChI is InChI=1S/C17H29NO2/c1-4-5-6-9-15(3)18-12-16(19)13-20-17-10-7-8-14(2)11-17/h7-8,10-11,15-16,18-19H,4-6,9,12-13H2,1-3H3. The second kappa shape index (κ2) is 9.78. The summed E-state index contributed by atoms with van der Waals surface area (Å²) in [6.45, 7) is 7.33. The number of benzene rings is 1. The van der Waals surface area contributed by atoms with E-state index in [-0.39, 0.29) is 0 Å². The van der Waals surface area contributed by atoms with Crippen molar-refractivity contribution in [3.05, 3.63) is 29.8 Å². The van der Waals surface area contributed by atoms with Crippen LogP contribution in [0.15, 0.2) is 24.3 Å². The van der Waals surface area contributed by atoms with Gasteiger partial charge in [-0.05, 0) is 38.0 Å². The molecule has 1 rings (SSSR count). The number of hydrogen-bond donors (Lipinski definition) is 2. The van der Waals surface area contributed by atoms with Crippen molar-refractivity contribution in [1.29, 1.82) is 0 Å². The first-order valence-electron chi connectivity index (χ1n) is 7.72. The van der Waals surface area contributed by atoms with Crippen LogP contribution in [0.25, 0.3) is 0 Å². The van der Waals surface area contributed by atoms with Crippen LogP contribution in [0, 0.1) is 6.92 Å². The Morgan fingerprint density at radius 1 is 1.30 bits per heavy atom. The SMILES string of the molecule is CCCCCC(C)NCC(O)COc1cccc(C)c1. The second-order valence-corrected chi connectivity index (χ2v) is 5.59. The van der Waals surface area contributed by atoms with E-state index < -0.39 is 6.10 Å². The minimum absolute atomic E-state index is 0.331. The lowest BCUT2D eigenvalue weighted by molar-refractivity contribution is 0.104. The molecule has 0 aliphatic rings. The molecule has 0 spiro atoms. The van der Waals surface area contributed by atoms with E-state index in [2.05, 4.69) is 19.2 Å². The Hall–Kier alpha value is -1.06. The highest BCUT2D eigenvalue weighted by Gasteiger charge is 2.08. The molecule has 0 fully saturated rings. The first-order chi connectivity index (χ1) is 9.61. The minimum Gasteiger partial charge on any atom is -0.491 e. The zero-order chi connectivity index (χ0) is 14.8.